The van der Waals surface area contributed by atoms with Gasteiger partial charge in [-0.2, -0.15) is 0 Å². The third kappa shape index (κ3) is 7.37. The Bertz CT molecular complexity index is 711. The maximum absolute atomic E-state index is 12.6. The van der Waals surface area contributed by atoms with E-state index < -0.39 is 12.2 Å². The molecular weight excluding hydrogens is 380 g/mol. The first-order valence-electron chi connectivity index (χ1n) is 11.2. The summed E-state index contributed by atoms with van der Waals surface area (Å²) in [5, 5.41) is 20.6. The zero-order valence-electron chi connectivity index (χ0n) is 18.3. The molecule has 1 fully saturated rings. The number of aliphatic hydroxyl groups is 2. The van der Waals surface area contributed by atoms with E-state index in [1.165, 1.54) is 7.11 Å². The van der Waals surface area contributed by atoms with Crippen LogP contribution in [0.5, 0.6) is 0 Å². The van der Waals surface area contributed by atoms with Crippen molar-refractivity contribution in [2.24, 2.45) is 11.8 Å². The first kappa shape index (κ1) is 24.3. The third-order valence-electron chi connectivity index (χ3n) is 6.00. The molecule has 2 rings (SSSR count). The summed E-state index contributed by atoms with van der Waals surface area (Å²) in [7, 11) is 1.39. The van der Waals surface area contributed by atoms with Crippen LogP contribution in [0.15, 0.2) is 36.4 Å². The number of unbranched alkanes of at least 4 members (excludes halogenated alkanes) is 2. The van der Waals surface area contributed by atoms with Crippen molar-refractivity contribution < 1.29 is 24.5 Å². The van der Waals surface area contributed by atoms with Gasteiger partial charge in [0.25, 0.3) is 0 Å². The Kier molecular flexibility index (Phi) is 10.2. The Balaban J connectivity index is 2.04. The molecule has 0 radical (unpaired) electrons. The number of aryl methyl sites for hydroxylation is 1. The number of hydrogen-bond acceptors (Lipinski definition) is 5. The lowest BCUT2D eigenvalue weighted by molar-refractivity contribution is -0.140. The van der Waals surface area contributed by atoms with Gasteiger partial charge in [0.15, 0.2) is 0 Å². The molecule has 1 aromatic carbocycles. The highest BCUT2D eigenvalue weighted by Crippen LogP contribution is 2.34. The summed E-state index contributed by atoms with van der Waals surface area (Å²) in [5.41, 5.74) is 2.20. The number of esters is 1. The normalized spacial score (nSPS) is 22.5. The number of ketones is 1. The highest BCUT2D eigenvalue weighted by atomic mass is 16.5. The van der Waals surface area contributed by atoms with E-state index in [0.29, 0.717) is 25.7 Å². The summed E-state index contributed by atoms with van der Waals surface area (Å²) in [6, 6.07) is 7.97. The van der Waals surface area contributed by atoms with Crippen LogP contribution in [0.2, 0.25) is 0 Å². The van der Waals surface area contributed by atoms with Crippen LogP contribution in [0.1, 0.15) is 63.0 Å². The van der Waals surface area contributed by atoms with Crippen LogP contribution in [-0.2, 0) is 27.2 Å². The lowest BCUT2D eigenvalue weighted by Gasteiger charge is -2.20. The van der Waals surface area contributed by atoms with E-state index in [-0.39, 0.29) is 30.0 Å². The molecule has 0 bridgehead atoms. The van der Waals surface area contributed by atoms with Crippen LogP contribution < -0.4 is 0 Å². The summed E-state index contributed by atoms with van der Waals surface area (Å²) in [5.74, 6) is -0.714. The summed E-state index contributed by atoms with van der Waals surface area (Å²) in [6.45, 7) is 2.13. The molecule has 1 saturated carbocycles. The number of ether oxygens (including phenoxy) is 1. The Labute approximate surface area is 180 Å². The first-order chi connectivity index (χ1) is 14.5. The average molecular weight is 417 g/mol. The van der Waals surface area contributed by atoms with Crippen LogP contribution >= 0.6 is 0 Å². The second kappa shape index (κ2) is 12.7. The molecule has 0 saturated heterocycles. The van der Waals surface area contributed by atoms with Gasteiger partial charge < -0.3 is 14.9 Å². The van der Waals surface area contributed by atoms with Crippen LogP contribution in [0.4, 0.5) is 0 Å². The molecule has 0 unspecified atom stereocenters. The summed E-state index contributed by atoms with van der Waals surface area (Å²) in [6.07, 6.45) is 8.74. The fourth-order valence-electron chi connectivity index (χ4n) is 4.21. The van der Waals surface area contributed by atoms with E-state index in [0.717, 1.165) is 36.8 Å². The van der Waals surface area contributed by atoms with E-state index in [1.54, 1.807) is 6.08 Å². The van der Waals surface area contributed by atoms with E-state index in [4.69, 9.17) is 4.74 Å². The number of carbonyl (C=O) groups is 2. The fourth-order valence-corrected chi connectivity index (χ4v) is 4.21. The number of Topliss-reactive ketones (excluding diaryl/α,β-unsaturated/α-hetero) is 1. The SMILES string of the molecule is CCCCC[C@H](O)/C=C/[C@H]1[C@H](O)CC(=O)[C@@H]1Cc1ccccc1CCCC(=O)OC. The van der Waals surface area contributed by atoms with Gasteiger partial charge in [-0.05, 0) is 36.8 Å². The summed E-state index contributed by atoms with van der Waals surface area (Å²) >= 11 is 0. The average Bonchev–Trinajstić information content (AvgIpc) is 3.00. The van der Waals surface area contributed by atoms with Gasteiger partial charge in [-0.3, -0.25) is 9.59 Å². The van der Waals surface area contributed by atoms with Gasteiger partial charge in [-0.25, -0.2) is 0 Å². The molecular formula is C25H36O5. The number of rotatable bonds is 12. The Morgan fingerprint density at radius 3 is 2.67 bits per heavy atom. The van der Waals surface area contributed by atoms with E-state index in [1.807, 2.05) is 30.3 Å². The number of aliphatic hydroxyl groups excluding tert-OH is 2. The van der Waals surface area contributed by atoms with Crippen molar-refractivity contribution in [3.05, 3.63) is 47.5 Å². The molecule has 5 nitrogen and oxygen atoms in total. The molecule has 30 heavy (non-hydrogen) atoms. The first-order valence-corrected chi connectivity index (χ1v) is 11.2. The van der Waals surface area contributed by atoms with Gasteiger partial charge in [0.1, 0.15) is 5.78 Å². The molecule has 1 aliphatic rings. The van der Waals surface area contributed by atoms with Crippen molar-refractivity contribution in [3.63, 3.8) is 0 Å². The van der Waals surface area contributed by atoms with Crippen molar-refractivity contribution in [1.29, 1.82) is 0 Å². The van der Waals surface area contributed by atoms with E-state index in [9.17, 15) is 19.8 Å². The minimum absolute atomic E-state index is 0.0713. The molecule has 5 heteroatoms. The predicted molar refractivity (Wildman–Crippen MR) is 117 cm³/mol. The second-order valence-electron chi connectivity index (χ2n) is 8.27. The monoisotopic (exact) mass is 416 g/mol. The molecule has 0 heterocycles. The molecule has 0 aliphatic heterocycles. The van der Waals surface area contributed by atoms with Crippen LogP contribution in [0.25, 0.3) is 0 Å². The van der Waals surface area contributed by atoms with Crippen LogP contribution in [0.3, 0.4) is 0 Å². The molecule has 0 aromatic heterocycles. The van der Waals surface area contributed by atoms with Gasteiger partial charge in [0.05, 0.1) is 19.3 Å². The van der Waals surface area contributed by atoms with Crippen molar-refractivity contribution in [1.82, 2.24) is 0 Å². The standard InChI is InChI=1S/C25H36O5/c1-3-4-5-12-20(26)14-15-21-22(24(28)17-23(21)27)16-19-10-7-6-9-18(19)11-8-13-25(29)30-2/h6-7,9-10,14-15,20-23,26-27H,3-5,8,11-13,16-17H2,1-2H3/b15-14+/t20-,21+,22+,23+/m0/s1. The van der Waals surface area contributed by atoms with Gasteiger partial charge in [-0.1, -0.05) is 62.6 Å². The Hall–Kier alpha value is -1.98. The third-order valence-corrected chi connectivity index (χ3v) is 6.00. The maximum Gasteiger partial charge on any atom is 0.305 e. The van der Waals surface area contributed by atoms with Crippen LogP contribution in [-0.4, -0.2) is 41.3 Å². The van der Waals surface area contributed by atoms with Crippen molar-refractivity contribution in [2.45, 2.75) is 76.9 Å². The topological polar surface area (TPSA) is 83.8 Å². The minimum Gasteiger partial charge on any atom is -0.469 e. The van der Waals surface area contributed by atoms with E-state index in [2.05, 4.69) is 6.92 Å². The number of hydrogen-bond donors (Lipinski definition) is 2. The highest BCUT2D eigenvalue weighted by Gasteiger charge is 2.40. The van der Waals surface area contributed by atoms with Crippen molar-refractivity contribution in [2.75, 3.05) is 7.11 Å². The zero-order chi connectivity index (χ0) is 21.9. The van der Waals surface area contributed by atoms with Gasteiger partial charge >= 0.3 is 5.97 Å². The van der Waals surface area contributed by atoms with Crippen LogP contribution in [0, 0.1) is 11.8 Å². The summed E-state index contributed by atoms with van der Waals surface area (Å²) in [4.78, 5) is 24.0. The highest BCUT2D eigenvalue weighted by molar-refractivity contribution is 5.85. The smallest absolute Gasteiger partial charge is 0.305 e. The molecule has 166 valence electrons. The fraction of sp³-hybridized carbons (Fsp3) is 0.600. The lowest BCUT2D eigenvalue weighted by atomic mass is 9.85. The molecule has 4 atom stereocenters. The van der Waals surface area contributed by atoms with Gasteiger partial charge in [0.2, 0.25) is 0 Å². The maximum atomic E-state index is 12.6. The molecule has 2 N–H and O–H groups in total. The quantitative estimate of drug-likeness (QED) is 0.308. The molecule has 0 amide bonds. The van der Waals surface area contributed by atoms with Gasteiger partial charge in [-0.15, -0.1) is 0 Å². The Morgan fingerprint density at radius 2 is 1.97 bits per heavy atom. The van der Waals surface area contributed by atoms with Gasteiger partial charge in [0, 0.05) is 24.7 Å². The minimum atomic E-state index is -0.701. The molecule has 0 spiro atoms. The largest absolute Gasteiger partial charge is 0.469 e. The zero-order valence-corrected chi connectivity index (χ0v) is 18.3. The number of benzene rings is 1. The Morgan fingerprint density at radius 1 is 1.23 bits per heavy atom. The lowest BCUT2D eigenvalue weighted by Crippen LogP contribution is -2.21. The van der Waals surface area contributed by atoms with Crippen molar-refractivity contribution >= 4 is 11.8 Å². The van der Waals surface area contributed by atoms with E-state index >= 15 is 0 Å². The summed E-state index contributed by atoms with van der Waals surface area (Å²) < 4.78 is 4.70. The predicted octanol–water partition coefficient (Wildman–Crippen LogP) is 3.79. The molecule has 1 aliphatic carbocycles. The molecule has 1 aromatic rings. The second-order valence-corrected chi connectivity index (χ2v) is 8.27. The van der Waals surface area contributed by atoms with Crippen molar-refractivity contribution in [3.8, 4) is 0 Å². The number of methoxy groups -OCH3 is 1. The number of carbonyl (C=O) groups excluding carboxylic acids is 2.